The van der Waals surface area contributed by atoms with E-state index >= 15 is 0 Å². The van der Waals surface area contributed by atoms with Crippen molar-refractivity contribution in [3.05, 3.63) is 58.3 Å². The van der Waals surface area contributed by atoms with Gasteiger partial charge in [0.05, 0.1) is 0 Å². The second kappa shape index (κ2) is 6.36. The zero-order chi connectivity index (χ0) is 13.8. The Morgan fingerprint density at radius 1 is 1.10 bits per heavy atom. The van der Waals surface area contributed by atoms with Crippen molar-refractivity contribution in [3.8, 4) is 0 Å². The predicted octanol–water partition coefficient (Wildman–Crippen LogP) is 4.83. The Morgan fingerprint density at radius 3 is 2.70 bits per heavy atom. The van der Waals surface area contributed by atoms with Gasteiger partial charge in [0.25, 0.3) is 0 Å². The molecule has 1 aromatic heterocycles. The summed E-state index contributed by atoms with van der Waals surface area (Å²) in [5, 5.41) is 2.12. The molecule has 1 aromatic carbocycles. The van der Waals surface area contributed by atoms with Crippen molar-refractivity contribution >= 4 is 17.1 Å². The molecule has 1 aliphatic rings. The minimum absolute atomic E-state index is 0.260. The lowest BCUT2D eigenvalue weighted by Gasteiger charge is -2.28. The van der Waals surface area contributed by atoms with Crippen LogP contribution < -0.4 is 0 Å². The molecule has 104 valence electrons. The largest absolute Gasteiger partial charge is 0.299 e. The van der Waals surface area contributed by atoms with Crippen molar-refractivity contribution in [3.63, 3.8) is 0 Å². The van der Waals surface area contributed by atoms with Crippen molar-refractivity contribution < 1.29 is 4.79 Å². The van der Waals surface area contributed by atoms with Crippen LogP contribution in [0.25, 0.3) is 0 Å². The average molecular weight is 284 g/mol. The predicted molar refractivity (Wildman–Crippen MR) is 84.2 cm³/mol. The third-order valence-electron chi connectivity index (χ3n) is 4.35. The number of aryl methyl sites for hydroxylation is 1. The Bertz CT molecular complexity index is 544. The Morgan fingerprint density at radius 2 is 1.95 bits per heavy atom. The smallest absolute Gasteiger partial charge is 0.136 e. The first kappa shape index (κ1) is 13.6. The van der Waals surface area contributed by atoms with E-state index in [1.165, 1.54) is 10.4 Å². The molecule has 2 heteroatoms. The minimum Gasteiger partial charge on any atom is -0.299 e. The normalized spacial score (nSPS) is 22.9. The molecule has 1 aliphatic carbocycles. The van der Waals surface area contributed by atoms with Gasteiger partial charge in [-0.15, -0.1) is 11.3 Å². The summed E-state index contributed by atoms with van der Waals surface area (Å²) in [7, 11) is 0. The van der Waals surface area contributed by atoms with Gasteiger partial charge in [0, 0.05) is 17.2 Å². The molecule has 0 saturated heterocycles. The topological polar surface area (TPSA) is 17.1 Å². The van der Waals surface area contributed by atoms with E-state index in [9.17, 15) is 4.79 Å². The van der Waals surface area contributed by atoms with Gasteiger partial charge in [-0.25, -0.2) is 0 Å². The Hall–Kier alpha value is -1.41. The average Bonchev–Trinajstić information content (AvgIpc) is 3.01. The lowest BCUT2D eigenvalue weighted by molar-refractivity contribution is -0.125. The summed E-state index contributed by atoms with van der Waals surface area (Å²) in [6.45, 7) is 0. The van der Waals surface area contributed by atoms with Gasteiger partial charge in [-0.3, -0.25) is 4.79 Å². The number of rotatable bonds is 4. The molecule has 0 aliphatic heterocycles. The Labute approximate surface area is 124 Å². The van der Waals surface area contributed by atoms with Gasteiger partial charge in [-0.1, -0.05) is 36.4 Å². The molecule has 1 heterocycles. The number of carbonyl (C=O) groups excluding carboxylic acids is 1. The molecular weight excluding hydrogens is 264 g/mol. The summed E-state index contributed by atoms with van der Waals surface area (Å²) < 4.78 is 0. The van der Waals surface area contributed by atoms with Crippen LogP contribution in [-0.4, -0.2) is 5.78 Å². The van der Waals surface area contributed by atoms with Gasteiger partial charge >= 0.3 is 0 Å². The highest BCUT2D eigenvalue weighted by Gasteiger charge is 2.29. The zero-order valence-corrected chi connectivity index (χ0v) is 12.4. The van der Waals surface area contributed by atoms with Gasteiger partial charge in [-0.05, 0) is 48.6 Å². The number of hydrogen-bond acceptors (Lipinski definition) is 2. The standard InChI is InChI=1S/C18H20OS/c19-18-11-9-15(14-5-2-1-3-6-14)13-16(18)8-10-17-7-4-12-20-17/h1-7,12,15-16H,8-11,13H2. The van der Waals surface area contributed by atoms with Crippen LogP contribution in [0, 0.1) is 5.92 Å². The summed E-state index contributed by atoms with van der Waals surface area (Å²) >= 11 is 1.80. The van der Waals surface area contributed by atoms with Crippen molar-refractivity contribution in [2.75, 3.05) is 0 Å². The molecule has 2 atom stereocenters. The third kappa shape index (κ3) is 3.18. The van der Waals surface area contributed by atoms with Gasteiger partial charge < -0.3 is 0 Å². The monoisotopic (exact) mass is 284 g/mol. The van der Waals surface area contributed by atoms with Crippen molar-refractivity contribution in [2.45, 2.75) is 38.0 Å². The highest BCUT2D eigenvalue weighted by Crippen LogP contribution is 2.36. The highest BCUT2D eigenvalue weighted by molar-refractivity contribution is 7.09. The molecule has 0 radical (unpaired) electrons. The molecule has 0 amide bonds. The Kier molecular flexibility index (Phi) is 4.31. The van der Waals surface area contributed by atoms with E-state index in [2.05, 4.69) is 47.8 Å². The summed E-state index contributed by atoms with van der Waals surface area (Å²) in [6, 6.07) is 14.9. The number of Topliss-reactive ketones (excluding diaryl/α,β-unsaturated/α-hetero) is 1. The lowest BCUT2D eigenvalue weighted by Crippen LogP contribution is -2.24. The Balaban J connectivity index is 1.63. The quantitative estimate of drug-likeness (QED) is 0.785. The molecule has 1 saturated carbocycles. The summed E-state index contributed by atoms with van der Waals surface area (Å²) in [6.07, 6.45) is 4.89. The van der Waals surface area contributed by atoms with Gasteiger partial charge in [0.15, 0.2) is 0 Å². The molecule has 0 N–H and O–H groups in total. The van der Waals surface area contributed by atoms with Crippen LogP contribution in [0.1, 0.15) is 42.0 Å². The third-order valence-corrected chi connectivity index (χ3v) is 5.29. The fourth-order valence-electron chi connectivity index (χ4n) is 3.19. The molecule has 0 spiro atoms. The van der Waals surface area contributed by atoms with Crippen molar-refractivity contribution in [1.29, 1.82) is 0 Å². The SMILES string of the molecule is O=C1CCC(c2ccccc2)CC1CCc1cccs1. The number of ketones is 1. The second-order valence-electron chi connectivity index (χ2n) is 5.66. The molecule has 20 heavy (non-hydrogen) atoms. The summed E-state index contributed by atoms with van der Waals surface area (Å²) in [4.78, 5) is 13.5. The van der Waals surface area contributed by atoms with E-state index in [-0.39, 0.29) is 5.92 Å². The van der Waals surface area contributed by atoms with Gasteiger partial charge in [-0.2, -0.15) is 0 Å². The number of hydrogen-bond donors (Lipinski definition) is 0. The first-order valence-corrected chi connectivity index (χ1v) is 8.31. The van der Waals surface area contributed by atoms with E-state index in [1.807, 2.05) is 0 Å². The van der Waals surface area contributed by atoms with E-state index < -0.39 is 0 Å². The maximum atomic E-state index is 12.1. The minimum atomic E-state index is 0.260. The summed E-state index contributed by atoms with van der Waals surface area (Å²) in [5.74, 6) is 1.31. The van der Waals surface area contributed by atoms with E-state index in [0.29, 0.717) is 11.7 Å². The molecule has 0 bridgehead atoms. The molecule has 1 fully saturated rings. The molecule has 2 aromatic rings. The van der Waals surface area contributed by atoms with Crippen LogP contribution in [0.4, 0.5) is 0 Å². The first-order chi connectivity index (χ1) is 9.83. The fourth-order valence-corrected chi connectivity index (χ4v) is 3.92. The van der Waals surface area contributed by atoms with Crippen molar-refractivity contribution in [1.82, 2.24) is 0 Å². The van der Waals surface area contributed by atoms with E-state index in [1.54, 1.807) is 11.3 Å². The number of benzene rings is 1. The number of thiophene rings is 1. The second-order valence-corrected chi connectivity index (χ2v) is 6.70. The van der Waals surface area contributed by atoms with E-state index in [4.69, 9.17) is 0 Å². The van der Waals surface area contributed by atoms with Gasteiger partial charge in [0.2, 0.25) is 0 Å². The van der Waals surface area contributed by atoms with Crippen molar-refractivity contribution in [2.24, 2.45) is 5.92 Å². The number of carbonyl (C=O) groups is 1. The maximum absolute atomic E-state index is 12.1. The van der Waals surface area contributed by atoms with E-state index in [0.717, 1.165) is 32.1 Å². The van der Waals surface area contributed by atoms with Gasteiger partial charge in [0.1, 0.15) is 5.78 Å². The van der Waals surface area contributed by atoms with Crippen LogP contribution in [0.3, 0.4) is 0 Å². The summed E-state index contributed by atoms with van der Waals surface area (Å²) in [5.41, 5.74) is 1.40. The maximum Gasteiger partial charge on any atom is 0.136 e. The fraction of sp³-hybridized carbons (Fsp3) is 0.389. The van der Waals surface area contributed by atoms with Crippen LogP contribution in [0.5, 0.6) is 0 Å². The molecule has 3 rings (SSSR count). The molecule has 2 unspecified atom stereocenters. The zero-order valence-electron chi connectivity index (χ0n) is 11.6. The lowest BCUT2D eigenvalue weighted by atomic mass is 9.75. The van der Waals surface area contributed by atoms with Crippen LogP contribution in [0.2, 0.25) is 0 Å². The first-order valence-electron chi connectivity index (χ1n) is 7.43. The molecular formula is C18H20OS. The van der Waals surface area contributed by atoms with Crippen LogP contribution in [0.15, 0.2) is 47.8 Å². The highest BCUT2D eigenvalue weighted by atomic mass is 32.1. The molecule has 1 nitrogen and oxygen atoms in total. The van der Waals surface area contributed by atoms with Crippen LogP contribution in [-0.2, 0) is 11.2 Å². The van der Waals surface area contributed by atoms with Crippen LogP contribution >= 0.6 is 11.3 Å².